The van der Waals surface area contributed by atoms with Gasteiger partial charge in [0.1, 0.15) is 18.9 Å². The van der Waals surface area contributed by atoms with Crippen LogP contribution in [0.15, 0.2) is 70.0 Å². The van der Waals surface area contributed by atoms with E-state index in [4.69, 9.17) is 4.74 Å². The van der Waals surface area contributed by atoms with Gasteiger partial charge in [0.25, 0.3) is 11.1 Å². The van der Waals surface area contributed by atoms with E-state index in [-0.39, 0.29) is 17.4 Å². The van der Waals surface area contributed by atoms with E-state index in [1.807, 2.05) is 36.4 Å². The number of ether oxygens (including phenoxy) is 1. The third kappa shape index (κ3) is 5.50. The van der Waals surface area contributed by atoms with Gasteiger partial charge >= 0.3 is 0 Å². The lowest BCUT2D eigenvalue weighted by Crippen LogP contribution is -2.44. The Kier molecular flexibility index (Phi) is 7.43. The number of likely N-dealkylation sites (tertiary alicyclic amines) is 1. The minimum absolute atomic E-state index is 0.180. The zero-order valence-corrected chi connectivity index (χ0v) is 22.0. The SMILES string of the molecule is O=C(CN1C(=O)S/C(=C\c2cc(Br)ccc2OCc2ccc3ccccc3c2)C1=O)N1CCCCC1. The number of thioether (sulfide) groups is 1. The zero-order valence-electron chi connectivity index (χ0n) is 19.6. The summed E-state index contributed by atoms with van der Waals surface area (Å²) in [5, 5.41) is 1.88. The Labute approximate surface area is 222 Å². The van der Waals surface area contributed by atoms with Crippen LogP contribution in [0.1, 0.15) is 30.4 Å². The number of imide groups is 1. The van der Waals surface area contributed by atoms with Crippen molar-refractivity contribution in [1.29, 1.82) is 0 Å². The molecule has 36 heavy (non-hydrogen) atoms. The average Bonchev–Trinajstić information content (AvgIpc) is 3.15. The molecule has 0 radical (unpaired) electrons. The lowest BCUT2D eigenvalue weighted by atomic mass is 10.1. The number of benzene rings is 3. The molecule has 2 fully saturated rings. The fourth-order valence-corrected chi connectivity index (χ4v) is 5.62. The van der Waals surface area contributed by atoms with Crippen molar-refractivity contribution in [2.45, 2.75) is 25.9 Å². The van der Waals surface area contributed by atoms with Crippen LogP contribution >= 0.6 is 27.7 Å². The summed E-state index contributed by atoms with van der Waals surface area (Å²) < 4.78 is 6.95. The molecule has 0 aliphatic carbocycles. The quantitative estimate of drug-likeness (QED) is 0.332. The van der Waals surface area contributed by atoms with Gasteiger partial charge in [0.05, 0.1) is 4.91 Å². The van der Waals surface area contributed by atoms with E-state index in [1.54, 1.807) is 11.0 Å². The number of fused-ring (bicyclic) bond motifs is 1. The van der Waals surface area contributed by atoms with E-state index in [0.717, 1.165) is 51.3 Å². The molecule has 2 saturated heterocycles. The standard InChI is InChI=1S/C28H25BrN2O4S/c29-23-10-11-24(35-18-19-8-9-20-6-2-3-7-21(20)14-19)22(15-23)16-25-27(33)31(28(34)36-25)17-26(32)30-12-4-1-5-13-30/h2-3,6-11,14-16H,1,4-5,12-13,17-18H2/b25-16-. The van der Waals surface area contributed by atoms with Gasteiger partial charge < -0.3 is 9.64 Å². The van der Waals surface area contributed by atoms with Crippen LogP contribution in [0, 0.1) is 0 Å². The second-order valence-electron chi connectivity index (χ2n) is 8.86. The van der Waals surface area contributed by atoms with Crippen LogP contribution < -0.4 is 4.74 Å². The highest BCUT2D eigenvalue weighted by molar-refractivity contribution is 9.10. The van der Waals surface area contributed by atoms with E-state index in [1.165, 1.54) is 5.39 Å². The molecule has 2 aliphatic heterocycles. The summed E-state index contributed by atoms with van der Waals surface area (Å²) in [5.74, 6) is -0.0292. The average molecular weight is 565 g/mol. The minimum atomic E-state index is -0.448. The van der Waals surface area contributed by atoms with Crippen LogP contribution in [0.5, 0.6) is 5.75 Å². The first-order chi connectivity index (χ1) is 17.5. The van der Waals surface area contributed by atoms with Crippen molar-refractivity contribution in [2.24, 2.45) is 0 Å². The molecule has 0 unspecified atom stereocenters. The summed E-state index contributed by atoms with van der Waals surface area (Å²) >= 11 is 4.33. The number of hydrogen-bond donors (Lipinski definition) is 0. The Hall–Kier alpha value is -3.10. The number of carbonyl (C=O) groups excluding carboxylic acids is 3. The van der Waals surface area contributed by atoms with Crippen molar-refractivity contribution in [3.8, 4) is 5.75 Å². The minimum Gasteiger partial charge on any atom is -0.488 e. The van der Waals surface area contributed by atoms with Crippen molar-refractivity contribution >= 4 is 61.6 Å². The van der Waals surface area contributed by atoms with Gasteiger partial charge in [-0.05, 0) is 77.7 Å². The highest BCUT2D eigenvalue weighted by atomic mass is 79.9. The van der Waals surface area contributed by atoms with E-state index >= 15 is 0 Å². The van der Waals surface area contributed by atoms with E-state index in [0.29, 0.717) is 31.0 Å². The maximum absolute atomic E-state index is 13.0. The molecule has 6 nitrogen and oxygen atoms in total. The number of carbonyl (C=O) groups is 3. The highest BCUT2D eigenvalue weighted by Crippen LogP contribution is 2.35. The Balaban J connectivity index is 1.32. The van der Waals surface area contributed by atoms with Crippen LogP contribution in [0.4, 0.5) is 4.79 Å². The molecule has 0 saturated carbocycles. The summed E-state index contributed by atoms with van der Waals surface area (Å²) in [6, 6.07) is 19.9. The Morgan fingerprint density at radius 3 is 2.56 bits per heavy atom. The molecule has 0 aromatic heterocycles. The number of amides is 3. The van der Waals surface area contributed by atoms with E-state index in [2.05, 4.69) is 40.2 Å². The molecule has 3 amide bonds. The third-order valence-corrected chi connectivity index (χ3v) is 7.74. The molecule has 0 N–H and O–H groups in total. The van der Waals surface area contributed by atoms with E-state index in [9.17, 15) is 14.4 Å². The molecule has 0 bridgehead atoms. The van der Waals surface area contributed by atoms with E-state index < -0.39 is 11.1 Å². The van der Waals surface area contributed by atoms with Gasteiger partial charge in [-0.3, -0.25) is 19.3 Å². The summed E-state index contributed by atoms with van der Waals surface area (Å²) in [7, 11) is 0. The predicted octanol–water partition coefficient (Wildman–Crippen LogP) is 6.23. The van der Waals surface area contributed by atoms with Gasteiger partial charge in [0.15, 0.2) is 0 Å². The highest BCUT2D eigenvalue weighted by Gasteiger charge is 2.37. The molecule has 2 aliphatic rings. The number of piperidine rings is 1. The summed E-state index contributed by atoms with van der Waals surface area (Å²) in [6.07, 6.45) is 4.68. The molecular weight excluding hydrogens is 540 g/mol. The molecule has 3 aromatic carbocycles. The topological polar surface area (TPSA) is 66.9 Å². The van der Waals surface area contributed by atoms with Gasteiger partial charge in [-0.15, -0.1) is 0 Å². The van der Waals surface area contributed by atoms with Gasteiger partial charge in [-0.2, -0.15) is 0 Å². The Morgan fingerprint density at radius 1 is 0.972 bits per heavy atom. The normalized spacial score (nSPS) is 17.3. The lowest BCUT2D eigenvalue weighted by Gasteiger charge is -2.27. The molecule has 8 heteroatoms. The van der Waals surface area contributed by atoms with Crippen molar-refractivity contribution < 1.29 is 19.1 Å². The smallest absolute Gasteiger partial charge is 0.294 e. The lowest BCUT2D eigenvalue weighted by molar-refractivity contribution is -0.136. The largest absolute Gasteiger partial charge is 0.488 e. The third-order valence-electron chi connectivity index (χ3n) is 6.34. The maximum Gasteiger partial charge on any atom is 0.294 e. The zero-order chi connectivity index (χ0) is 25.1. The van der Waals surface area contributed by atoms with Gasteiger partial charge in [0, 0.05) is 23.1 Å². The number of rotatable bonds is 6. The maximum atomic E-state index is 13.0. The molecule has 0 spiro atoms. The number of nitrogens with zero attached hydrogens (tertiary/aromatic N) is 2. The number of halogens is 1. The first kappa shape index (κ1) is 24.6. The fourth-order valence-electron chi connectivity index (χ4n) is 4.41. The van der Waals surface area contributed by atoms with Crippen molar-refractivity contribution in [2.75, 3.05) is 19.6 Å². The van der Waals surface area contributed by atoms with Crippen LogP contribution in [-0.2, 0) is 16.2 Å². The Bertz CT molecular complexity index is 1370. The van der Waals surface area contributed by atoms with Gasteiger partial charge in [-0.1, -0.05) is 52.3 Å². The van der Waals surface area contributed by atoms with Crippen LogP contribution in [0.2, 0.25) is 0 Å². The molecule has 2 heterocycles. The summed E-state index contributed by atoms with van der Waals surface area (Å²) in [6.45, 7) is 1.51. The second-order valence-corrected chi connectivity index (χ2v) is 10.8. The molecular formula is C28H25BrN2O4S. The van der Waals surface area contributed by atoms with Crippen molar-refractivity contribution in [1.82, 2.24) is 9.80 Å². The molecule has 5 rings (SSSR count). The van der Waals surface area contributed by atoms with Crippen molar-refractivity contribution in [3.63, 3.8) is 0 Å². The summed E-state index contributed by atoms with van der Waals surface area (Å²) in [4.78, 5) is 41.3. The summed E-state index contributed by atoms with van der Waals surface area (Å²) in [5.41, 5.74) is 1.71. The molecule has 3 aromatic rings. The number of hydrogen-bond acceptors (Lipinski definition) is 5. The van der Waals surface area contributed by atoms with Gasteiger partial charge in [0.2, 0.25) is 5.91 Å². The molecule has 184 valence electrons. The van der Waals surface area contributed by atoms with Gasteiger partial charge in [-0.25, -0.2) is 0 Å². The van der Waals surface area contributed by atoms with Crippen LogP contribution in [0.3, 0.4) is 0 Å². The molecule has 0 atom stereocenters. The first-order valence-corrected chi connectivity index (χ1v) is 13.5. The van der Waals surface area contributed by atoms with Crippen LogP contribution in [-0.4, -0.2) is 46.5 Å². The fraction of sp³-hybridized carbons (Fsp3) is 0.250. The first-order valence-electron chi connectivity index (χ1n) is 11.9. The Morgan fingerprint density at radius 2 is 1.75 bits per heavy atom. The second kappa shape index (κ2) is 10.9. The van der Waals surface area contributed by atoms with Crippen LogP contribution in [0.25, 0.3) is 16.8 Å². The monoisotopic (exact) mass is 564 g/mol. The predicted molar refractivity (Wildman–Crippen MR) is 146 cm³/mol. The van der Waals surface area contributed by atoms with Crippen molar-refractivity contribution in [3.05, 3.63) is 81.2 Å².